The van der Waals surface area contributed by atoms with Crippen LogP contribution in [0.5, 0.6) is 0 Å². The lowest BCUT2D eigenvalue weighted by Gasteiger charge is -2.20. The molecule has 0 aromatic heterocycles. The fourth-order valence-corrected chi connectivity index (χ4v) is 1.17. The molecule has 0 aliphatic heterocycles. The summed E-state index contributed by atoms with van der Waals surface area (Å²) in [4.78, 5) is 15.4. The Hall–Kier alpha value is -1.09. The molecule has 0 aromatic carbocycles. The number of likely N-dealkylation sites (N-methyl/N-ethyl adjacent to an activating group) is 1. The van der Waals surface area contributed by atoms with E-state index in [1.165, 1.54) is 0 Å². The molecule has 0 N–H and O–H groups in total. The summed E-state index contributed by atoms with van der Waals surface area (Å²) >= 11 is 0. The molecule has 0 aliphatic rings. The van der Waals surface area contributed by atoms with Crippen LogP contribution in [-0.2, 0) is 4.79 Å². The van der Waals surface area contributed by atoms with Crippen LogP contribution >= 0.6 is 0 Å². The summed E-state index contributed by atoms with van der Waals surface area (Å²) in [7, 11) is 3.94. The van der Waals surface area contributed by atoms with Crippen molar-refractivity contribution in [3.63, 3.8) is 0 Å². The molecule has 86 valence electrons. The second kappa shape index (κ2) is 7.23. The Morgan fingerprint density at radius 3 is 2.40 bits per heavy atom. The molecule has 0 unspecified atom stereocenters. The van der Waals surface area contributed by atoms with E-state index >= 15 is 0 Å². The molecule has 0 aromatic rings. The van der Waals surface area contributed by atoms with E-state index in [0.29, 0.717) is 0 Å². The third-order valence-corrected chi connectivity index (χ3v) is 1.91. The minimum absolute atomic E-state index is 0.0196. The number of hydrogen-bond acceptors (Lipinski definition) is 2. The zero-order valence-electron chi connectivity index (χ0n) is 10.3. The van der Waals surface area contributed by atoms with Gasteiger partial charge in [0.05, 0.1) is 0 Å². The van der Waals surface area contributed by atoms with Crippen LogP contribution < -0.4 is 0 Å². The van der Waals surface area contributed by atoms with E-state index in [0.717, 1.165) is 25.2 Å². The maximum absolute atomic E-state index is 11.7. The van der Waals surface area contributed by atoms with Crippen molar-refractivity contribution in [2.45, 2.75) is 20.3 Å². The van der Waals surface area contributed by atoms with Gasteiger partial charge in [-0.3, -0.25) is 4.79 Å². The van der Waals surface area contributed by atoms with Gasteiger partial charge in [-0.1, -0.05) is 19.6 Å². The molecule has 0 radical (unpaired) electrons. The minimum atomic E-state index is 0.0196. The van der Waals surface area contributed by atoms with Crippen molar-refractivity contribution >= 4 is 5.91 Å². The minimum Gasteiger partial charge on any atom is -0.314 e. The maximum Gasteiger partial charge on any atom is 0.250 e. The van der Waals surface area contributed by atoms with Gasteiger partial charge in [0, 0.05) is 24.9 Å². The summed E-state index contributed by atoms with van der Waals surface area (Å²) in [6.45, 7) is 9.22. The number of carbonyl (C=O) groups is 1. The summed E-state index contributed by atoms with van der Waals surface area (Å²) in [5.74, 6) is 0.0196. The molecular formula is C12H22N2O. The number of nitrogens with zero attached hydrogens (tertiary/aromatic N) is 2. The SMILES string of the molecule is C=C(C)N(CCC)C(=O)/C=C\CN(C)C. The van der Waals surface area contributed by atoms with Gasteiger partial charge in [0.15, 0.2) is 0 Å². The average Bonchev–Trinajstić information content (AvgIpc) is 2.12. The highest BCUT2D eigenvalue weighted by Gasteiger charge is 2.09. The fourth-order valence-electron chi connectivity index (χ4n) is 1.17. The van der Waals surface area contributed by atoms with E-state index in [1.54, 1.807) is 11.0 Å². The first-order chi connectivity index (χ1) is 6.99. The van der Waals surface area contributed by atoms with E-state index in [4.69, 9.17) is 0 Å². The second-order valence-electron chi connectivity index (χ2n) is 3.89. The third-order valence-electron chi connectivity index (χ3n) is 1.91. The lowest BCUT2D eigenvalue weighted by Crippen LogP contribution is -2.28. The smallest absolute Gasteiger partial charge is 0.250 e. The first kappa shape index (κ1) is 13.9. The molecule has 0 rings (SSSR count). The van der Waals surface area contributed by atoms with Crippen LogP contribution in [0.3, 0.4) is 0 Å². The van der Waals surface area contributed by atoms with Crippen molar-refractivity contribution in [1.29, 1.82) is 0 Å². The quantitative estimate of drug-likeness (QED) is 0.625. The highest BCUT2D eigenvalue weighted by atomic mass is 16.2. The van der Waals surface area contributed by atoms with Crippen molar-refractivity contribution in [3.8, 4) is 0 Å². The molecule has 15 heavy (non-hydrogen) atoms. The first-order valence-electron chi connectivity index (χ1n) is 5.27. The van der Waals surface area contributed by atoms with Gasteiger partial charge < -0.3 is 9.80 Å². The van der Waals surface area contributed by atoms with E-state index in [2.05, 4.69) is 6.58 Å². The first-order valence-corrected chi connectivity index (χ1v) is 5.27. The topological polar surface area (TPSA) is 23.6 Å². The molecule has 0 heterocycles. The Kier molecular flexibility index (Phi) is 6.71. The average molecular weight is 210 g/mol. The van der Waals surface area contributed by atoms with Gasteiger partial charge in [-0.25, -0.2) is 0 Å². The standard InChI is InChI=1S/C12H22N2O/c1-6-9-14(11(2)3)12(15)8-7-10-13(4)5/h7-8H,2,6,9-10H2,1,3-5H3/b8-7-. The fraction of sp³-hybridized carbons (Fsp3) is 0.583. The van der Waals surface area contributed by atoms with Crippen molar-refractivity contribution in [2.24, 2.45) is 0 Å². The number of allylic oxidation sites excluding steroid dienone is 1. The Labute approximate surface area is 93.1 Å². The molecule has 0 spiro atoms. The van der Waals surface area contributed by atoms with Crippen LogP contribution in [-0.4, -0.2) is 42.9 Å². The predicted molar refractivity (Wildman–Crippen MR) is 64.5 cm³/mol. The second-order valence-corrected chi connectivity index (χ2v) is 3.89. The molecule has 0 atom stereocenters. The summed E-state index contributed by atoms with van der Waals surface area (Å²) in [5.41, 5.74) is 0.802. The lowest BCUT2D eigenvalue weighted by molar-refractivity contribution is -0.124. The molecule has 3 nitrogen and oxygen atoms in total. The van der Waals surface area contributed by atoms with Gasteiger partial charge >= 0.3 is 0 Å². The summed E-state index contributed by atoms with van der Waals surface area (Å²) in [6.07, 6.45) is 4.43. The highest BCUT2D eigenvalue weighted by molar-refractivity contribution is 5.88. The number of amides is 1. The van der Waals surface area contributed by atoms with Crippen molar-refractivity contribution in [3.05, 3.63) is 24.4 Å². The predicted octanol–water partition coefficient (Wildman–Crippen LogP) is 1.88. The molecule has 0 aliphatic carbocycles. The van der Waals surface area contributed by atoms with Gasteiger partial charge in [0.2, 0.25) is 5.91 Å². The van der Waals surface area contributed by atoms with Gasteiger partial charge in [0.25, 0.3) is 0 Å². The summed E-state index contributed by atoms with van der Waals surface area (Å²) < 4.78 is 0. The van der Waals surface area contributed by atoms with E-state index in [1.807, 2.05) is 38.9 Å². The van der Waals surface area contributed by atoms with Crippen LogP contribution in [0.15, 0.2) is 24.4 Å². The van der Waals surface area contributed by atoms with Gasteiger partial charge in [0.1, 0.15) is 0 Å². The number of rotatable bonds is 6. The highest BCUT2D eigenvalue weighted by Crippen LogP contribution is 2.03. The Morgan fingerprint density at radius 1 is 1.40 bits per heavy atom. The van der Waals surface area contributed by atoms with Crippen molar-refractivity contribution < 1.29 is 4.79 Å². The van der Waals surface area contributed by atoms with Crippen molar-refractivity contribution in [1.82, 2.24) is 9.80 Å². The van der Waals surface area contributed by atoms with Crippen LogP contribution in [0.2, 0.25) is 0 Å². The van der Waals surface area contributed by atoms with E-state index < -0.39 is 0 Å². The number of carbonyl (C=O) groups excluding carboxylic acids is 1. The zero-order valence-corrected chi connectivity index (χ0v) is 10.3. The molecule has 0 saturated carbocycles. The molecular weight excluding hydrogens is 188 g/mol. The Morgan fingerprint density at radius 2 is 2.00 bits per heavy atom. The summed E-state index contributed by atoms with van der Waals surface area (Å²) in [5, 5.41) is 0. The van der Waals surface area contributed by atoms with Crippen LogP contribution in [0.25, 0.3) is 0 Å². The monoisotopic (exact) mass is 210 g/mol. The Balaban J connectivity index is 4.25. The third kappa shape index (κ3) is 6.07. The maximum atomic E-state index is 11.7. The lowest BCUT2D eigenvalue weighted by atomic mass is 10.3. The van der Waals surface area contributed by atoms with Gasteiger partial charge in [-0.15, -0.1) is 0 Å². The normalized spacial score (nSPS) is 11.0. The van der Waals surface area contributed by atoms with Crippen molar-refractivity contribution in [2.75, 3.05) is 27.2 Å². The molecule has 1 amide bonds. The van der Waals surface area contributed by atoms with E-state index in [9.17, 15) is 4.79 Å². The molecule has 0 saturated heterocycles. The Bertz CT molecular complexity index is 244. The number of hydrogen-bond donors (Lipinski definition) is 0. The summed E-state index contributed by atoms with van der Waals surface area (Å²) in [6, 6.07) is 0. The largest absolute Gasteiger partial charge is 0.314 e. The van der Waals surface area contributed by atoms with Crippen LogP contribution in [0.1, 0.15) is 20.3 Å². The van der Waals surface area contributed by atoms with Crippen LogP contribution in [0.4, 0.5) is 0 Å². The van der Waals surface area contributed by atoms with Gasteiger partial charge in [-0.05, 0) is 27.4 Å². The molecule has 0 fully saturated rings. The molecule has 3 heteroatoms. The van der Waals surface area contributed by atoms with E-state index in [-0.39, 0.29) is 5.91 Å². The van der Waals surface area contributed by atoms with Gasteiger partial charge in [-0.2, -0.15) is 0 Å². The zero-order chi connectivity index (χ0) is 11.8. The molecule has 0 bridgehead atoms. The van der Waals surface area contributed by atoms with Crippen LogP contribution in [0, 0.1) is 0 Å².